The van der Waals surface area contributed by atoms with Crippen molar-refractivity contribution >= 4 is 21.9 Å². The van der Waals surface area contributed by atoms with Crippen molar-refractivity contribution < 1.29 is 4.74 Å². The van der Waals surface area contributed by atoms with Crippen molar-refractivity contribution in [2.24, 2.45) is 0 Å². The van der Waals surface area contributed by atoms with Gasteiger partial charge in [0.15, 0.2) is 0 Å². The van der Waals surface area contributed by atoms with Gasteiger partial charge in [-0.1, -0.05) is 34.1 Å². The van der Waals surface area contributed by atoms with Crippen LogP contribution in [0.2, 0.25) is 0 Å². The van der Waals surface area contributed by atoms with E-state index in [1.165, 1.54) is 0 Å². The first-order chi connectivity index (χ1) is 8.70. The molecule has 18 heavy (non-hydrogen) atoms. The zero-order chi connectivity index (χ0) is 13.0. The lowest BCUT2D eigenvalue weighted by molar-refractivity contribution is 0.397. The van der Waals surface area contributed by atoms with Gasteiger partial charge < -0.3 is 10.1 Å². The lowest BCUT2D eigenvalue weighted by atomic mass is 10.1. The zero-order valence-electron chi connectivity index (χ0n) is 10.2. The fourth-order valence-corrected chi connectivity index (χ4v) is 2.25. The number of anilines is 1. The van der Waals surface area contributed by atoms with Gasteiger partial charge in [-0.25, -0.2) is 4.98 Å². The van der Waals surface area contributed by atoms with Crippen molar-refractivity contribution in [3.05, 3.63) is 46.6 Å². The van der Waals surface area contributed by atoms with Gasteiger partial charge in [0.2, 0.25) is 11.8 Å². The molecular formula is C13H14BrN3O. The third-order valence-corrected chi connectivity index (χ3v) is 3.28. The van der Waals surface area contributed by atoms with Crippen LogP contribution < -0.4 is 10.1 Å². The molecule has 2 rings (SSSR count). The molecule has 0 aliphatic carbocycles. The van der Waals surface area contributed by atoms with E-state index >= 15 is 0 Å². The Hall–Kier alpha value is -1.62. The summed E-state index contributed by atoms with van der Waals surface area (Å²) in [6, 6.07) is 9.89. The second-order valence-corrected chi connectivity index (χ2v) is 4.66. The van der Waals surface area contributed by atoms with Crippen LogP contribution in [0.3, 0.4) is 0 Å². The summed E-state index contributed by atoms with van der Waals surface area (Å²) in [5, 5.41) is 3.24. The number of hydrogen-bond acceptors (Lipinski definition) is 4. The standard InChI is InChI=1S/C13H14BrN3O/c1-9(10-5-3-4-6-11(10)14)16-13-15-8-7-12(17-13)18-2/h3-9H,1-2H3,(H,15,16,17). The Morgan fingerprint density at radius 1 is 1.28 bits per heavy atom. The highest BCUT2D eigenvalue weighted by Gasteiger charge is 2.10. The average molecular weight is 308 g/mol. The highest BCUT2D eigenvalue weighted by atomic mass is 79.9. The number of rotatable bonds is 4. The lowest BCUT2D eigenvalue weighted by Gasteiger charge is -2.15. The topological polar surface area (TPSA) is 47.0 Å². The number of aromatic nitrogens is 2. The number of benzene rings is 1. The van der Waals surface area contributed by atoms with Crippen molar-refractivity contribution in [3.63, 3.8) is 0 Å². The molecule has 94 valence electrons. The van der Waals surface area contributed by atoms with Gasteiger partial charge in [-0.2, -0.15) is 4.98 Å². The Bertz CT molecular complexity index is 533. The quantitative estimate of drug-likeness (QED) is 0.940. The van der Waals surface area contributed by atoms with E-state index in [2.05, 4.69) is 44.2 Å². The third-order valence-electron chi connectivity index (χ3n) is 2.56. The molecule has 2 aromatic rings. The van der Waals surface area contributed by atoms with E-state index in [4.69, 9.17) is 4.74 Å². The van der Waals surface area contributed by atoms with Gasteiger partial charge >= 0.3 is 0 Å². The summed E-state index contributed by atoms with van der Waals surface area (Å²) in [7, 11) is 1.59. The molecule has 0 saturated carbocycles. The summed E-state index contributed by atoms with van der Waals surface area (Å²) in [6.07, 6.45) is 1.67. The highest BCUT2D eigenvalue weighted by Crippen LogP contribution is 2.25. The average Bonchev–Trinajstić information content (AvgIpc) is 2.39. The van der Waals surface area contributed by atoms with Gasteiger partial charge in [0, 0.05) is 16.7 Å². The number of ether oxygens (including phenoxy) is 1. The molecule has 1 aromatic heterocycles. The Kier molecular flexibility index (Phi) is 4.15. The molecule has 0 aliphatic heterocycles. The van der Waals surface area contributed by atoms with E-state index in [1.54, 1.807) is 19.4 Å². The predicted molar refractivity (Wildman–Crippen MR) is 74.8 cm³/mol. The molecule has 0 amide bonds. The second-order valence-electron chi connectivity index (χ2n) is 3.81. The van der Waals surface area contributed by atoms with Crippen LogP contribution in [0, 0.1) is 0 Å². The lowest BCUT2D eigenvalue weighted by Crippen LogP contribution is -2.10. The first-order valence-electron chi connectivity index (χ1n) is 5.58. The van der Waals surface area contributed by atoms with Crippen LogP contribution in [0.4, 0.5) is 5.95 Å². The predicted octanol–water partition coefficient (Wildman–Crippen LogP) is 3.42. The maximum absolute atomic E-state index is 5.07. The molecule has 1 heterocycles. The van der Waals surface area contributed by atoms with E-state index in [9.17, 15) is 0 Å². The maximum atomic E-state index is 5.07. The van der Waals surface area contributed by atoms with E-state index < -0.39 is 0 Å². The number of nitrogens with one attached hydrogen (secondary N) is 1. The number of halogens is 1. The van der Waals surface area contributed by atoms with Crippen molar-refractivity contribution in [1.29, 1.82) is 0 Å². The molecule has 0 bridgehead atoms. The van der Waals surface area contributed by atoms with Crippen molar-refractivity contribution in [1.82, 2.24) is 9.97 Å². The minimum Gasteiger partial charge on any atom is -0.481 e. The molecule has 1 unspecified atom stereocenters. The molecule has 0 spiro atoms. The van der Waals surface area contributed by atoms with Crippen LogP contribution in [0.25, 0.3) is 0 Å². The number of hydrogen-bond donors (Lipinski definition) is 1. The van der Waals surface area contributed by atoms with Crippen LogP contribution in [-0.2, 0) is 0 Å². The first kappa shape index (κ1) is 12.8. The number of methoxy groups -OCH3 is 1. The molecule has 0 saturated heterocycles. The van der Waals surface area contributed by atoms with Gasteiger partial charge in [-0.3, -0.25) is 0 Å². The minimum atomic E-state index is 0.104. The monoisotopic (exact) mass is 307 g/mol. The van der Waals surface area contributed by atoms with E-state index in [0.29, 0.717) is 11.8 Å². The van der Waals surface area contributed by atoms with Gasteiger partial charge in [0.05, 0.1) is 13.2 Å². The molecule has 0 fully saturated rings. The first-order valence-corrected chi connectivity index (χ1v) is 6.38. The van der Waals surface area contributed by atoms with Crippen LogP contribution in [-0.4, -0.2) is 17.1 Å². The smallest absolute Gasteiger partial charge is 0.226 e. The van der Waals surface area contributed by atoms with Crippen LogP contribution >= 0.6 is 15.9 Å². The Balaban J connectivity index is 2.16. The van der Waals surface area contributed by atoms with Crippen molar-refractivity contribution in [2.45, 2.75) is 13.0 Å². The van der Waals surface area contributed by atoms with Crippen LogP contribution in [0.5, 0.6) is 5.88 Å². The van der Waals surface area contributed by atoms with Gasteiger partial charge in [0.25, 0.3) is 0 Å². The zero-order valence-corrected chi connectivity index (χ0v) is 11.8. The normalized spacial score (nSPS) is 11.9. The summed E-state index contributed by atoms with van der Waals surface area (Å²) in [5.74, 6) is 1.10. The summed E-state index contributed by atoms with van der Waals surface area (Å²) in [5.41, 5.74) is 1.16. The van der Waals surface area contributed by atoms with Gasteiger partial charge in [-0.05, 0) is 18.6 Å². The molecule has 0 radical (unpaired) electrons. The summed E-state index contributed by atoms with van der Waals surface area (Å²) >= 11 is 3.53. The van der Waals surface area contributed by atoms with E-state index in [-0.39, 0.29) is 6.04 Å². The molecule has 4 nitrogen and oxygen atoms in total. The second kappa shape index (κ2) is 5.82. The minimum absolute atomic E-state index is 0.104. The van der Waals surface area contributed by atoms with Crippen molar-refractivity contribution in [2.75, 3.05) is 12.4 Å². The SMILES string of the molecule is COc1ccnc(NC(C)c2ccccc2Br)n1. The maximum Gasteiger partial charge on any atom is 0.226 e. The Morgan fingerprint density at radius 3 is 2.78 bits per heavy atom. The molecule has 5 heteroatoms. The molecular weight excluding hydrogens is 294 g/mol. The fraction of sp³-hybridized carbons (Fsp3) is 0.231. The summed E-state index contributed by atoms with van der Waals surface area (Å²) in [6.45, 7) is 2.06. The van der Waals surface area contributed by atoms with E-state index in [0.717, 1.165) is 10.0 Å². The molecule has 1 aromatic carbocycles. The van der Waals surface area contributed by atoms with Crippen molar-refractivity contribution in [3.8, 4) is 5.88 Å². The van der Waals surface area contributed by atoms with Crippen LogP contribution in [0.1, 0.15) is 18.5 Å². The summed E-state index contributed by atoms with van der Waals surface area (Å²) in [4.78, 5) is 8.39. The Morgan fingerprint density at radius 2 is 2.06 bits per heavy atom. The van der Waals surface area contributed by atoms with Gasteiger partial charge in [-0.15, -0.1) is 0 Å². The third kappa shape index (κ3) is 2.98. The molecule has 1 N–H and O–H groups in total. The number of nitrogens with zero attached hydrogens (tertiary/aromatic N) is 2. The summed E-state index contributed by atoms with van der Waals surface area (Å²) < 4.78 is 6.13. The van der Waals surface area contributed by atoms with E-state index in [1.807, 2.05) is 18.2 Å². The van der Waals surface area contributed by atoms with Crippen LogP contribution in [0.15, 0.2) is 41.0 Å². The van der Waals surface area contributed by atoms with Gasteiger partial charge in [0.1, 0.15) is 0 Å². The molecule has 0 aliphatic rings. The largest absolute Gasteiger partial charge is 0.481 e. The molecule has 1 atom stereocenters. The highest BCUT2D eigenvalue weighted by molar-refractivity contribution is 9.10. The fourth-order valence-electron chi connectivity index (χ4n) is 1.62. The Labute approximate surface area is 115 Å².